The van der Waals surface area contributed by atoms with E-state index in [9.17, 15) is 0 Å². The summed E-state index contributed by atoms with van der Waals surface area (Å²) in [4.78, 5) is 0. The molecule has 1 aromatic carbocycles. The van der Waals surface area contributed by atoms with E-state index >= 15 is 0 Å². The minimum absolute atomic E-state index is 0.0419. The summed E-state index contributed by atoms with van der Waals surface area (Å²) < 4.78 is 11.2. The Morgan fingerprint density at radius 3 is 2.42 bits per heavy atom. The van der Waals surface area contributed by atoms with Gasteiger partial charge in [0.1, 0.15) is 11.5 Å². The Labute approximate surface area is 115 Å². The summed E-state index contributed by atoms with van der Waals surface area (Å²) in [6.45, 7) is 9.31. The van der Waals surface area contributed by atoms with Gasteiger partial charge in [0.2, 0.25) is 0 Å². The zero-order chi connectivity index (χ0) is 14.3. The highest BCUT2D eigenvalue weighted by Gasteiger charge is 2.15. The van der Waals surface area contributed by atoms with Gasteiger partial charge in [-0.15, -0.1) is 0 Å². The summed E-state index contributed by atoms with van der Waals surface area (Å²) in [6, 6.07) is 5.98. The van der Waals surface area contributed by atoms with Crippen molar-refractivity contribution in [3.05, 3.63) is 23.8 Å². The largest absolute Gasteiger partial charge is 0.494 e. The number of hydrogen-bond donors (Lipinski definition) is 2. The highest BCUT2D eigenvalue weighted by atomic mass is 16.5. The lowest BCUT2D eigenvalue weighted by molar-refractivity contribution is 0.241. The predicted molar refractivity (Wildman–Crippen MR) is 76.9 cm³/mol. The lowest BCUT2D eigenvalue weighted by Gasteiger charge is -2.22. The van der Waals surface area contributed by atoms with E-state index in [2.05, 4.69) is 12.2 Å². The number of aliphatic hydroxyl groups excluding tert-OH is 1. The van der Waals surface area contributed by atoms with E-state index in [4.69, 9.17) is 14.6 Å². The molecular weight excluding hydrogens is 242 g/mol. The number of ether oxygens (including phenoxy) is 2. The van der Waals surface area contributed by atoms with Crippen molar-refractivity contribution in [1.29, 1.82) is 0 Å². The molecule has 0 aliphatic rings. The van der Waals surface area contributed by atoms with Gasteiger partial charge in [0.25, 0.3) is 0 Å². The molecule has 2 N–H and O–H groups in total. The zero-order valence-electron chi connectivity index (χ0n) is 12.3. The van der Waals surface area contributed by atoms with Gasteiger partial charge >= 0.3 is 0 Å². The molecule has 0 fully saturated rings. The van der Waals surface area contributed by atoms with E-state index in [1.54, 1.807) is 0 Å². The van der Waals surface area contributed by atoms with Crippen molar-refractivity contribution in [1.82, 2.24) is 5.32 Å². The average Bonchev–Trinajstić information content (AvgIpc) is 2.40. The van der Waals surface area contributed by atoms with Crippen molar-refractivity contribution < 1.29 is 14.6 Å². The second kappa shape index (κ2) is 8.02. The van der Waals surface area contributed by atoms with E-state index in [-0.39, 0.29) is 18.7 Å². The first kappa shape index (κ1) is 15.8. The van der Waals surface area contributed by atoms with Crippen LogP contribution >= 0.6 is 0 Å². The number of nitrogens with one attached hydrogen (secondary N) is 1. The van der Waals surface area contributed by atoms with Gasteiger partial charge < -0.3 is 19.9 Å². The molecule has 2 atom stereocenters. The Bertz CT molecular complexity index is 382. The fourth-order valence-electron chi connectivity index (χ4n) is 1.98. The van der Waals surface area contributed by atoms with Crippen LogP contribution in [0.5, 0.6) is 11.5 Å². The molecule has 0 radical (unpaired) electrons. The molecule has 0 aliphatic heterocycles. The third-order valence-corrected chi connectivity index (χ3v) is 2.87. The van der Waals surface area contributed by atoms with Gasteiger partial charge in [-0.2, -0.15) is 0 Å². The third-order valence-electron chi connectivity index (χ3n) is 2.87. The van der Waals surface area contributed by atoms with Gasteiger partial charge in [0.05, 0.1) is 19.8 Å². The number of hydrogen-bond acceptors (Lipinski definition) is 4. The molecule has 1 unspecified atom stereocenters. The Kier molecular flexibility index (Phi) is 6.67. The Morgan fingerprint density at radius 2 is 1.84 bits per heavy atom. The molecule has 0 aliphatic carbocycles. The zero-order valence-corrected chi connectivity index (χ0v) is 12.3. The summed E-state index contributed by atoms with van der Waals surface area (Å²) in [5.74, 6) is 1.70. The quantitative estimate of drug-likeness (QED) is 0.760. The lowest BCUT2D eigenvalue weighted by Crippen LogP contribution is -2.32. The SMILES string of the molecule is CCOc1ccc(OCC)c(C(C)N[C@H](C)CO)c1. The average molecular weight is 267 g/mol. The third kappa shape index (κ3) is 4.73. The maximum Gasteiger partial charge on any atom is 0.124 e. The summed E-state index contributed by atoms with van der Waals surface area (Å²) in [6.07, 6.45) is 0. The van der Waals surface area contributed by atoms with Gasteiger partial charge in [-0.05, 0) is 45.9 Å². The molecule has 0 saturated carbocycles. The molecule has 0 amide bonds. The highest BCUT2D eigenvalue weighted by molar-refractivity contribution is 5.42. The van der Waals surface area contributed by atoms with Gasteiger partial charge in [0, 0.05) is 17.6 Å². The maximum absolute atomic E-state index is 9.12. The molecule has 4 nitrogen and oxygen atoms in total. The Hall–Kier alpha value is -1.26. The first-order chi connectivity index (χ1) is 9.12. The minimum Gasteiger partial charge on any atom is -0.494 e. The van der Waals surface area contributed by atoms with Crippen molar-refractivity contribution in [2.24, 2.45) is 0 Å². The lowest BCUT2D eigenvalue weighted by atomic mass is 10.1. The fourth-order valence-corrected chi connectivity index (χ4v) is 1.98. The minimum atomic E-state index is 0.0419. The van der Waals surface area contributed by atoms with Crippen LogP contribution in [0.1, 0.15) is 39.3 Å². The molecule has 19 heavy (non-hydrogen) atoms. The summed E-state index contributed by atoms with van der Waals surface area (Å²) in [5.41, 5.74) is 1.05. The van der Waals surface area contributed by atoms with Gasteiger partial charge in [-0.3, -0.25) is 0 Å². The number of aliphatic hydroxyl groups is 1. The fraction of sp³-hybridized carbons (Fsp3) is 0.600. The normalized spacial score (nSPS) is 13.9. The molecule has 0 bridgehead atoms. The Morgan fingerprint density at radius 1 is 1.16 bits per heavy atom. The number of rotatable bonds is 8. The monoisotopic (exact) mass is 267 g/mol. The Balaban J connectivity index is 2.94. The van der Waals surface area contributed by atoms with Crippen LogP contribution in [0.25, 0.3) is 0 Å². The van der Waals surface area contributed by atoms with E-state index in [0.717, 1.165) is 17.1 Å². The van der Waals surface area contributed by atoms with Gasteiger partial charge in [0.15, 0.2) is 0 Å². The molecule has 0 heterocycles. The standard InChI is InChI=1S/C15H25NO3/c1-5-18-13-7-8-15(19-6-2)14(9-13)12(4)16-11(3)10-17/h7-9,11-12,16-17H,5-6,10H2,1-4H3/t11-,12?/m1/s1. The van der Waals surface area contributed by atoms with E-state index in [1.807, 2.05) is 39.0 Å². The summed E-state index contributed by atoms with van der Waals surface area (Å²) in [7, 11) is 0. The molecule has 0 saturated heterocycles. The van der Waals surface area contributed by atoms with Crippen LogP contribution in [-0.4, -0.2) is 31.0 Å². The van der Waals surface area contributed by atoms with E-state index in [0.29, 0.717) is 13.2 Å². The van der Waals surface area contributed by atoms with Crippen LogP contribution in [0.2, 0.25) is 0 Å². The van der Waals surface area contributed by atoms with Crippen molar-refractivity contribution >= 4 is 0 Å². The molecule has 1 rings (SSSR count). The molecule has 108 valence electrons. The van der Waals surface area contributed by atoms with Gasteiger partial charge in [-0.25, -0.2) is 0 Å². The first-order valence-electron chi connectivity index (χ1n) is 6.88. The second-order valence-corrected chi connectivity index (χ2v) is 4.54. The van der Waals surface area contributed by atoms with Gasteiger partial charge in [-0.1, -0.05) is 0 Å². The molecule has 1 aromatic rings. The van der Waals surface area contributed by atoms with Crippen LogP contribution in [0.3, 0.4) is 0 Å². The molecule has 4 heteroatoms. The van der Waals surface area contributed by atoms with E-state index < -0.39 is 0 Å². The van der Waals surface area contributed by atoms with Crippen LogP contribution in [0.4, 0.5) is 0 Å². The number of benzene rings is 1. The maximum atomic E-state index is 9.12. The summed E-state index contributed by atoms with van der Waals surface area (Å²) in [5, 5.41) is 12.5. The smallest absolute Gasteiger partial charge is 0.124 e. The summed E-state index contributed by atoms with van der Waals surface area (Å²) >= 11 is 0. The predicted octanol–water partition coefficient (Wildman–Crippen LogP) is 2.52. The molecular formula is C15H25NO3. The molecule has 0 aromatic heterocycles. The van der Waals surface area contributed by atoms with Crippen molar-refractivity contribution in [2.75, 3.05) is 19.8 Å². The van der Waals surface area contributed by atoms with E-state index in [1.165, 1.54) is 0 Å². The first-order valence-corrected chi connectivity index (χ1v) is 6.88. The van der Waals surface area contributed by atoms with Crippen LogP contribution in [0, 0.1) is 0 Å². The van der Waals surface area contributed by atoms with Crippen LogP contribution < -0.4 is 14.8 Å². The van der Waals surface area contributed by atoms with Crippen molar-refractivity contribution in [2.45, 2.75) is 39.8 Å². The van der Waals surface area contributed by atoms with Crippen molar-refractivity contribution in [3.8, 4) is 11.5 Å². The second-order valence-electron chi connectivity index (χ2n) is 4.54. The van der Waals surface area contributed by atoms with Crippen LogP contribution in [0.15, 0.2) is 18.2 Å². The molecule has 0 spiro atoms. The van der Waals surface area contributed by atoms with Crippen LogP contribution in [-0.2, 0) is 0 Å². The highest BCUT2D eigenvalue weighted by Crippen LogP contribution is 2.29. The van der Waals surface area contributed by atoms with Crippen molar-refractivity contribution in [3.63, 3.8) is 0 Å². The topological polar surface area (TPSA) is 50.7 Å².